The van der Waals surface area contributed by atoms with Crippen LogP contribution in [-0.2, 0) is 0 Å². The molecule has 0 saturated heterocycles. The summed E-state index contributed by atoms with van der Waals surface area (Å²) in [5.41, 5.74) is 5.35. The SMILES string of the molecule is CC(C)(C)N.[H-].[Li+]. The third-order valence-corrected chi connectivity index (χ3v) is 0. The van der Waals surface area contributed by atoms with Gasteiger partial charge in [0.15, 0.2) is 0 Å². The average Bonchev–Trinajstić information content (AvgIpc) is 0.722. The Morgan fingerprint density at radius 3 is 1.33 bits per heavy atom. The average molecular weight is 81.1 g/mol. The third kappa shape index (κ3) is 186. The molecule has 0 rings (SSSR count). The van der Waals surface area contributed by atoms with Crippen molar-refractivity contribution in [3.05, 3.63) is 0 Å². The van der Waals surface area contributed by atoms with E-state index in [0.29, 0.717) is 0 Å². The number of hydrogen-bond acceptors (Lipinski definition) is 1. The molecular weight excluding hydrogens is 69.0 g/mol. The maximum atomic E-state index is 5.35. The van der Waals surface area contributed by atoms with Crippen molar-refractivity contribution in [3.8, 4) is 0 Å². The van der Waals surface area contributed by atoms with Crippen LogP contribution in [0.3, 0.4) is 0 Å². The summed E-state index contributed by atoms with van der Waals surface area (Å²) in [5.74, 6) is 0. The molecule has 0 unspecified atom stereocenters. The van der Waals surface area contributed by atoms with E-state index in [1.165, 1.54) is 0 Å². The van der Waals surface area contributed by atoms with Crippen molar-refractivity contribution < 1.29 is 20.3 Å². The molecule has 0 atom stereocenters. The van der Waals surface area contributed by atoms with E-state index >= 15 is 0 Å². The molecule has 0 aliphatic heterocycles. The summed E-state index contributed by atoms with van der Waals surface area (Å²) in [6.07, 6.45) is 0. The first-order valence-electron chi connectivity index (χ1n) is 1.79. The van der Waals surface area contributed by atoms with Crippen LogP contribution in [-0.4, -0.2) is 5.54 Å². The van der Waals surface area contributed by atoms with Crippen molar-refractivity contribution in [1.82, 2.24) is 0 Å². The van der Waals surface area contributed by atoms with Crippen molar-refractivity contribution in [3.63, 3.8) is 0 Å². The van der Waals surface area contributed by atoms with E-state index in [1.54, 1.807) is 0 Å². The fraction of sp³-hybridized carbons (Fsp3) is 1.00. The normalized spacial score (nSPS) is 10.0. The van der Waals surface area contributed by atoms with E-state index in [0.717, 1.165) is 0 Å². The van der Waals surface area contributed by atoms with Crippen LogP contribution in [0.5, 0.6) is 0 Å². The van der Waals surface area contributed by atoms with Gasteiger partial charge in [-0.1, -0.05) is 0 Å². The predicted molar refractivity (Wildman–Crippen MR) is 25.1 cm³/mol. The second-order valence-electron chi connectivity index (χ2n) is 2.37. The van der Waals surface area contributed by atoms with Crippen LogP contribution >= 0.6 is 0 Å². The molecule has 0 bridgehead atoms. The van der Waals surface area contributed by atoms with E-state index in [4.69, 9.17) is 5.73 Å². The van der Waals surface area contributed by atoms with Crippen molar-refractivity contribution in [2.75, 3.05) is 0 Å². The molecule has 0 amide bonds. The van der Waals surface area contributed by atoms with Crippen LogP contribution in [0.15, 0.2) is 0 Å². The van der Waals surface area contributed by atoms with Gasteiger partial charge in [-0.05, 0) is 20.8 Å². The maximum absolute atomic E-state index is 5.35. The Balaban J connectivity index is -0.0000000800. The maximum Gasteiger partial charge on any atom is 1.00 e. The first-order chi connectivity index (χ1) is 2.00. The Labute approximate surface area is 53.0 Å². The van der Waals surface area contributed by atoms with Gasteiger partial charge in [-0.2, -0.15) is 0 Å². The van der Waals surface area contributed by atoms with Gasteiger partial charge >= 0.3 is 18.9 Å². The number of hydrogen-bond donors (Lipinski definition) is 1. The van der Waals surface area contributed by atoms with Gasteiger partial charge in [-0.25, -0.2) is 0 Å². The molecule has 0 fully saturated rings. The molecule has 2 heteroatoms. The molecule has 0 saturated carbocycles. The van der Waals surface area contributed by atoms with Gasteiger partial charge in [0.05, 0.1) is 0 Å². The van der Waals surface area contributed by atoms with Crippen LogP contribution in [0.25, 0.3) is 0 Å². The van der Waals surface area contributed by atoms with E-state index in [9.17, 15) is 0 Å². The fourth-order valence-corrected chi connectivity index (χ4v) is 0. The van der Waals surface area contributed by atoms with Gasteiger partial charge in [-0.15, -0.1) is 0 Å². The largest absolute Gasteiger partial charge is 1.00 e. The Morgan fingerprint density at radius 1 is 1.33 bits per heavy atom. The minimum absolute atomic E-state index is 0. The zero-order chi connectivity index (χ0) is 4.50. The van der Waals surface area contributed by atoms with E-state index < -0.39 is 0 Å². The Kier molecular flexibility index (Phi) is 4.36. The van der Waals surface area contributed by atoms with Gasteiger partial charge in [0.25, 0.3) is 0 Å². The summed E-state index contributed by atoms with van der Waals surface area (Å²) in [7, 11) is 0. The van der Waals surface area contributed by atoms with Crippen LogP contribution in [0.4, 0.5) is 0 Å². The zero-order valence-electron chi connectivity index (χ0n) is 6.08. The minimum atomic E-state index is 0. The number of rotatable bonds is 0. The molecular formula is C4H12LiN. The summed E-state index contributed by atoms with van der Waals surface area (Å²) < 4.78 is 0. The van der Waals surface area contributed by atoms with Gasteiger partial charge in [0, 0.05) is 5.54 Å². The van der Waals surface area contributed by atoms with Crippen LogP contribution in [0.1, 0.15) is 22.2 Å². The summed E-state index contributed by atoms with van der Waals surface area (Å²) in [5, 5.41) is 0. The molecule has 0 aliphatic carbocycles. The van der Waals surface area contributed by atoms with Crippen LogP contribution in [0, 0.1) is 0 Å². The van der Waals surface area contributed by atoms with Gasteiger partial charge < -0.3 is 7.16 Å². The summed E-state index contributed by atoms with van der Waals surface area (Å²) in [4.78, 5) is 0. The van der Waals surface area contributed by atoms with E-state index in [2.05, 4.69) is 0 Å². The second-order valence-corrected chi connectivity index (χ2v) is 2.37. The summed E-state index contributed by atoms with van der Waals surface area (Å²) in [6, 6.07) is 0. The third-order valence-electron chi connectivity index (χ3n) is 0. The molecule has 34 valence electrons. The van der Waals surface area contributed by atoms with Crippen molar-refractivity contribution >= 4 is 0 Å². The smallest absolute Gasteiger partial charge is 1.00 e. The quantitative estimate of drug-likeness (QED) is 0.331. The molecule has 2 N–H and O–H groups in total. The molecule has 0 radical (unpaired) electrons. The standard InChI is InChI=1S/C4H11N.Li.H/c1-4(2,3)5;;/h5H2,1-3H3;;/q;+1;-1. The van der Waals surface area contributed by atoms with Crippen LogP contribution < -0.4 is 24.6 Å². The molecule has 6 heavy (non-hydrogen) atoms. The van der Waals surface area contributed by atoms with E-state index in [1.807, 2.05) is 20.8 Å². The fourth-order valence-electron chi connectivity index (χ4n) is 0. The first kappa shape index (κ1) is 9.75. The van der Waals surface area contributed by atoms with Gasteiger partial charge in [-0.3, -0.25) is 0 Å². The molecule has 0 aliphatic rings. The van der Waals surface area contributed by atoms with Gasteiger partial charge in [0.1, 0.15) is 0 Å². The Hall–Kier alpha value is 0.557. The van der Waals surface area contributed by atoms with Gasteiger partial charge in [0.2, 0.25) is 0 Å². The second kappa shape index (κ2) is 2.68. The van der Waals surface area contributed by atoms with Crippen LogP contribution in [0.2, 0.25) is 0 Å². The topological polar surface area (TPSA) is 26.0 Å². The zero-order valence-corrected chi connectivity index (χ0v) is 5.08. The molecule has 0 aromatic heterocycles. The van der Waals surface area contributed by atoms with Crippen molar-refractivity contribution in [2.24, 2.45) is 5.73 Å². The first-order valence-corrected chi connectivity index (χ1v) is 1.79. The summed E-state index contributed by atoms with van der Waals surface area (Å²) >= 11 is 0. The van der Waals surface area contributed by atoms with Crippen molar-refractivity contribution in [2.45, 2.75) is 26.3 Å². The molecule has 0 aromatic rings. The Bertz CT molecular complexity index is 27.2. The van der Waals surface area contributed by atoms with Crippen molar-refractivity contribution in [1.29, 1.82) is 0 Å². The monoisotopic (exact) mass is 81.1 g/mol. The molecule has 0 spiro atoms. The number of nitrogens with two attached hydrogens (primary N) is 1. The molecule has 1 nitrogen and oxygen atoms in total. The molecule has 0 aromatic carbocycles. The predicted octanol–water partition coefficient (Wildman–Crippen LogP) is -2.14. The molecule has 0 heterocycles. The van der Waals surface area contributed by atoms with E-state index in [-0.39, 0.29) is 25.8 Å². The minimum Gasteiger partial charge on any atom is -1.00 e. The Morgan fingerprint density at radius 2 is 1.33 bits per heavy atom. The summed E-state index contributed by atoms with van der Waals surface area (Å²) in [6.45, 7) is 5.90.